The Balaban J connectivity index is 1.75. The number of piperazine rings is 1. The minimum Gasteiger partial charge on any atom is -0.369 e. The molecule has 152 valence electrons. The van der Waals surface area contributed by atoms with E-state index < -0.39 is 10.0 Å². The molecule has 0 atom stereocenters. The standard InChI is InChI=1S/C19H27N5O3S/c1-14-11-15(5-6-17(14)24-9-7-22(3)8-10-24)21-19(25)18-12-16(13-23(18)4)28(26,27)20-2/h5-6,11-13,20H,7-10H2,1-4H3,(H,21,25). The third-order valence-corrected chi connectivity index (χ3v) is 6.47. The van der Waals surface area contributed by atoms with Crippen LogP contribution in [-0.2, 0) is 17.1 Å². The quantitative estimate of drug-likeness (QED) is 0.782. The maximum Gasteiger partial charge on any atom is 0.272 e. The van der Waals surface area contributed by atoms with E-state index in [9.17, 15) is 13.2 Å². The molecule has 2 N–H and O–H groups in total. The summed E-state index contributed by atoms with van der Waals surface area (Å²) in [6, 6.07) is 7.22. The van der Waals surface area contributed by atoms with E-state index in [-0.39, 0.29) is 16.5 Å². The Hall–Kier alpha value is -2.36. The molecule has 9 heteroatoms. The molecule has 0 aliphatic carbocycles. The molecule has 0 bridgehead atoms. The van der Waals surface area contributed by atoms with Crippen LogP contribution in [0.25, 0.3) is 0 Å². The van der Waals surface area contributed by atoms with Gasteiger partial charge in [-0.05, 0) is 50.8 Å². The van der Waals surface area contributed by atoms with Crippen molar-refractivity contribution in [1.82, 2.24) is 14.2 Å². The van der Waals surface area contributed by atoms with E-state index in [1.165, 1.54) is 29.6 Å². The number of likely N-dealkylation sites (N-methyl/N-ethyl adjacent to an activating group) is 1. The summed E-state index contributed by atoms with van der Waals surface area (Å²) >= 11 is 0. The summed E-state index contributed by atoms with van der Waals surface area (Å²) in [5.74, 6) is -0.355. The zero-order chi connectivity index (χ0) is 20.5. The van der Waals surface area contributed by atoms with Gasteiger partial charge in [-0.15, -0.1) is 0 Å². The number of carbonyl (C=O) groups excluding carboxylic acids is 1. The number of aromatic nitrogens is 1. The number of sulfonamides is 1. The van der Waals surface area contributed by atoms with Crippen LogP contribution in [0.15, 0.2) is 35.4 Å². The van der Waals surface area contributed by atoms with Gasteiger partial charge in [-0.2, -0.15) is 0 Å². The minimum absolute atomic E-state index is 0.0595. The number of nitrogens with one attached hydrogen (secondary N) is 2. The van der Waals surface area contributed by atoms with Gasteiger partial charge in [-0.25, -0.2) is 13.1 Å². The summed E-state index contributed by atoms with van der Waals surface area (Å²) in [4.78, 5) is 17.4. The molecular formula is C19H27N5O3S. The molecule has 0 saturated carbocycles. The van der Waals surface area contributed by atoms with Crippen molar-refractivity contribution in [2.75, 3.05) is 50.5 Å². The molecule has 1 aromatic heterocycles. The SMILES string of the molecule is CNS(=O)(=O)c1cc(C(=O)Nc2ccc(N3CCN(C)CC3)c(C)c2)n(C)c1. The molecule has 1 aliphatic heterocycles. The smallest absolute Gasteiger partial charge is 0.272 e. The van der Waals surface area contributed by atoms with Gasteiger partial charge in [0.1, 0.15) is 10.6 Å². The average molecular weight is 406 g/mol. The lowest BCUT2D eigenvalue weighted by Crippen LogP contribution is -2.44. The number of benzene rings is 1. The molecule has 1 aliphatic rings. The molecule has 0 spiro atoms. The van der Waals surface area contributed by atoms with Crippen LogP contribution in [-0.4, -0.2) is 64.1 Å². The van der Waals surface area contributed by atoms with E-state index in [0.717, 1.165) is 31.7 Å². The van der Waals surface area contributed by atoms with Gasteiger partial charge < -0.3 is 19.7 Å². The van der Waals surface area contributed by atoms with Crippen LogP contribution in [0, 0.1) is 6.92 Å². The second-order valence-electron chi connectivity index (χ2n) is 7.13. The molecule has 0 unspecified atom stereocenters. The molecule has 1 saturated heterocycles. The molecule has 2 aromatic rings. The summed E-state index contributed by atoms with van der Waals surface area (Å²) in [5, 5.41) is 2.86. The normalized spacial score (nSPS) is 15.6. The molecule has 1 fully saturated rings. The first-order valence-electron chi connectivity index (χ1n) is 9.16. The largest absolute Gasteiger partial charge is 0.369 e. The number of hydrogen-bond acceptors (Lipinski definition) is 5. The summed E-state index contributed by atoms with van der Waals surface area (Å²) in [7, 11) is 1.51. The highest BCUT2D eigenvalue weighted by Crippen LogP contribution is 2.25. The van der Waals surface area contributed by atoms with Crippen LogP contribution in [0.2, 0.25) is 0 Å². The fourth-order valence-electron chi connectivity index (χ4n) is 3.36. The Kier molecular flexibility index (Phi) is 5.78. The van der Waals surface area contributed by atoms with Gasteiger partial charge in [0.15, 0.2) is 0 Å². The number of nitrogens with zero attached hydrogens (tertiary/aromatic N) is 3. The van der Waals surface area contributed by atoms with Gasteiger partial charge in [-0.1, -0.05) is 0 Å². The monoisotopic (exact) mass is 405 g/mol. The summed E-state index contributed by atoms with van der Waals surface area (Å²) in [6.07, 6.45) is 1.42. The third-order valence-electron chi connectivity index (χ3n) is 5.09. The molecule has 1 aromatic carbocycles. The molecular weight excluding hydrogens is 378 g/mol. The Morgan fingerprint density at radius 3 is 2.36 bits per heavy atom. The Morgan fingerprint density at radius 2 is 1.75 bits per heavy atom. The van der Waals surface area contributed by atoms with Gasteiger partial charge >= 0.3 is 0 Å². The molecule has 8 nitrogen and oxygen atoms in total. The highest BCUT2D eigenvalue weighted by molar-refractivity contribution is 7.89. The molecule has 0 radical (unpaired) electrons. The number of rotatable bonds is 5. The van der Waals surface area contributed by atoms with Crippen molar-refractivity contribution in [3.63, 3.8) is 0 Å². The van der Waals surface area contributed by atoms with E-state index in [0.29, 0.717) is 5.69 Å². The lowest BCUT2D eigenvalue weighted by Gasteiger charge is -2.35. The zero-order valence-corrected chi connectivity index (χ0v) is 17.5. The van der Waals surface area contributed by atoms with Gasteiger partial charge in [-0.3, -0.25) is 4.79 Å². The number of carbonyl (C=O) groups is 1. The fraction of sp³-hybridized carbons (Fsp3) is 0.421. The maximum absolute atomic E-state index is 12.6. The summed E-state index contributed by atoms with van der Waals surface area (Å²) in [5.41, 5.74) is 3.22. The number of hydrogen-bond donors (Lipinski definition) is 2. The minimum atomic E-state index is -3.59. The average Bonchev–Trinajstić information content (AvgIpc) is 3.05. The highest BCUT2D eigenvalue weighted by atomic mass is 32.2. The van der Waals surface area contributed by atoms with Crippen molar-refractivity contribution in [2.24, 2.45) is 7.05 Å². The molecule has 28 heavy (non-hydrogen) atoms. The van der Waals surface area contributed by atoms with Crippen LogP contribution in [0.1, 0.15) is 16.1 Å². The first kappa shape index (κ1) is 20.4. The van der Waals surface area contributed by atoms with Crippen molar-refractivity contribution in [3.8, 4) is 0 Å². The van der Waals surface area contributed by atoms with Gasteiger partial charge in [0.05, 0.1) is 0 Å². The Morgan fingerprint density at radius 1 is 1.07 bits per heavy atom. The van der Waals surface area contributed by atoms with Gasteiger partial charge in [0, 0.05) is 50.8 Å². The highest BCUT2D eigenvalue weighted by Gasteiger charge is 2.20. The third kappa shape index (κ3) is 4.21. The van der Waals surface area contributed by atoms with Crippen LogP contribution < -0.4 is 14.9 Å². The van der Waals surface area contributed by atoms with Crippen molar-refractivity contribution >= 4 is 27.3 Å². The van der Waals surface area contributed by atoms with Crippen LogP contribution in [0.4, 0.5) is 11.4 Å². The lowest BCUT2D eigenvalue weighted by molar-refractivity contribution is 0.101. The van der Waals surface area contributed by atoms with Crippen LogP contribution in [0.3, 0.4) is 0 Å². The maximum atomic E-state index is 12.6. The predicted octanol–water partition coefficient (Wildman–Crippen LogP) is 1.25. The van der Waals surface area contributed by atoms with Crippen LogP contribution in [0.5, 0.6) is 0 Å². The number of anilines is 2. The predicted molar refractivity (Wildman–Crippen MR) is 111 cm³/mol. The number of aryl methyl sites for hydroxylation is 2. The van der Waals surface area contributed by atoms with Gasteiger partial charge in [0.2, 0.25) is 10.0 Å². The van der Waals surface area contributed by atoms with Crippen LogP contribution >= 0.6 is 0 Å². The second kappa shape index (κ2) is 7.94. The van der Waals surface area contributed by atoms with Crippen molar-refractivity contribution in [1.29, 1.82) is 0 Å². The topological polar surface area (TPSA) is 86.7 Å². The van der Waals surface area contributed by atoms with E-state index in [4.69, 9.17) is 0 Å². The fourth-order valence-corrected chi connectivity index (χ4v) is 4.15. The van der Waals surface area contributed by atoms with Gasteiger partial charge in [0.25, 0.3) is 5.91 Å². The second-order valence-corrected chi connectivity index (χ2v) is 9.01. The first-order valence-corrected chi connectivity index (χ1v) is 10.6. The first-order chi connectivity index (χ1) is 13.2. The Labute approximate surface area is 166 Å². The zero-order valence-electron chi connectivity index (χ0n) is 16.7. The lowest BCUT2D eigenvalue weighted by atomic mass is 10.1. The molecule has 2 heterocycles. The summed E-state index contributed by atoms with van der Waals surface area (Å²) < 4.78 is 27.6. The number of amides is 1. The van der Waals surface area contributed by atoms with E-state index in [1.807, 2.05) is 25.1 Å². The molecule has 3 rings (SSSR count). The van der Waals surface area contributed by atoms with E-state index in [1.54, 1.807) is 7.05 Å². The van der Waals surface area contributed by atoms with Crippen molar-refractivity contribution < 1.29 is 13.2 Å². The van der Waals surface area contributed by atoms with E-state index in [2.05, 4.69) is 26.9 Å². The van der Waals surface area contributed by atoms with Crippen molar-refractivity contribution in [2.45, 2.75) is 11.8 Å². The Bertz CT molecular complexity index is 975. The van der Waals surface area contributed by atoms with Crippen molar-refractivity contribution in [3.05, 3.63) is 41.7 Å². The van der Waals surface area contributed by atoms with E-state index >= 15 is 0 Å². The molecule has 1 amide bonds. The summed E-state index contributed by atoms with van der Waals surface area (Å²) in [6.45, 7) is 6.06.